The molecule has 1 aliphatic carbocycles. The van der Waals surface area contributed by atoms with E-state index in [1.807, 2.05) is 0 Å². The van der Waals surface area contributed by atoms with Crippen molar-refractivity contribution in [2.24, 2.45) is 0 Å². The predicted molar refractivity (Wildman–Crippen MR) is 86.5 cm³/mol. The molecule has 122 valence electrons. The SMILES string of the molecule is C[C@@H](Sc1n[nH]c(=O)n1C1CC1)C(=O)Nc1ccc(F)cc1Cl. The van der Waals surface area contributed by atoms with Crippen molar-refractivity contribution in [1.29, 1.82) is 0 Å². The molecule has 2 aromatic rings. The minimum atomic E-state index is -0.496. The highest BCUT2D eigenvalue weighted by molar-refractivity contribution is 8.00. The Bertz CT molecular complexity index is 802. The van der Waals surface area contributed by atoms with Gasteiger partial charge in [-0.3, -0.25) is 9.36 Å². The van der Waals surface area contributed by atoms with Gasteiger partial charge in [-0.15, -0.1) is 5.10 Å². The topological polar surface area (TPSA) is 79.8 Å². The van der Waals surface area contributed by atoms with Gasteiger partial charge in [-0.05, 0) is 38.0 Å². The van der Waals surface area contributed by atoms with Crippen LogP contribution in [0.25, 0.3) is 0 Å². The third kappa shape index (κ3) is 3.59. The smallest absolute Gasteiger partial charge is 0.324 e. The molecule has 1 atom stereocenters. The van der Waals surface area contributed by atoms with Crippen LogP contribution in [0.5, 0.6) is 0 Å². The van der Waals surface area contributed by atoms with Crippen molar-refractivity contribution in [3.05, 3.63) is 39.5 Å². The van der Waals surface area contributed by atoms with Crippen molar-refractivity contribution < 1.29 is 9.18 Å². The first-order valence-electron chi connectivity index (χ1n) is 7.05. The summed E-state index contributed by atoms with van der Waals surface area (Å²) in [6.07, 6.45) is 1.89. The van der Waals surface area contributed by atoms with E-state index in [1.165, 1.54) is 23.9 Å². The van der Waals surface area contributed by atoms with Crippen molar-refractivity contribution in [3.63, 3.8) is 0 Å². The molecule has 1 heterocycles. The number of amides is 1. The minimum absolute atomic E-state index is 0.130. The second-order valence-electron chi connectivity index (χ2n) is 5.29. The van der Waals surface area contributed by atoms with Crippen LogP contribution in [0.3, 0.4) is 0 Å². The number of hydrogen-bond donors (Lipinski definition) is 2. The Hall–Kier alpha value is -1.80. The standard InChI is InChI=1S/C14H14ClFN4O2S/c1-7(12(21)17-11-5-2-8(16)6-10(11)15)23-14-19-18-13(22)20(14)9-3-4-9/h2,5-7,9H,3-4H2,1H3,(H,17,21)(H,18,22)/t7-/m1/s1. The average Bonchev–Trinajstić information content (AvgIpc) is 3.26. The van der Waals surface area contributed by atoms with Crippen LogP contribution in [0.1, 0.15) is 25.8 Å². The van der Waals surface area contributed by atoms with E-state index in [4.69, 9.17) is 11.6 Å². The summed E-state index contributed by atoms with van der Waals surface area (Å²) in [6, 6.07) is 3.93. The maximum atomic E-state index is 13.0. The van der Waals surface area contributed by atoms with Crippen LogP contribution in [0.2, 0.25) is 5.02 Å². The largest absolute Gasteiger partial charge is 0.344 e. The zero-order valence-corrected chi connectivity index (χ0v) is 13.7. The van der Waals surface area contributed by atoms with Crippen LogP contribution in [0.15, 0.2) is 28.2 Å². The molecule has 1 aromatic heterocycles. The summed E-state index contributed by atoms with van der Waals surface area (Å²) in [5, 5.41) is 9.15. The Labute approximate surface area is 140 Å². The molecule has 0 aliphatic heterocycles. The lowest BCUT2D eigenvalue weighted by molar-refractivity contribution is -0.115. The van der Waals surface area contributed by atoms with Gasteiger partial charge in [0.1, 0.15) is 5.82 Å². The van der Waals surface area contributed by atoms with Gasteiger partial charge in [0.15, 0.2) is 5.16 Å². The first kappa shape index (κ1) is 16.1. The Morgan fingerprint density at radius 1 is 1.57 bits per heavy atom. The molecule has 0 saturated heterocycles. The number of nitrogens with zero attached hydrogens (tertiary/aromatic N) is 2. The van der Waals surface area contributed by atoms with E-state index >= 15 is 0 Å². The van der Waals surface area contributed by atoms with Gasteiger partial charge in [-0.2, -0.15) is 0 Å². The van der Waals surface area contributed by atoms with Crippen LogP contribution < -0.4 is 11.0 Å². The van der Waals surface area contributed by atoms with Gasteiger partial charge < -0.3 is 5.32 Å². The van der Waals surface area contributed by atoms with Crippen molar-refractivity contribution in [3.8, 4) is 0 Å². The lowest BCUT2D eigenvalue weighted by atomic mass is 10.3. The zero-order valence-electron chi connectivity index (χ0n) is 12.2. The molecule has 23 heavy (non-hydrogen) atoms. The number of aromatic nitrogens is 3. The highest BCUT2D eigenvalue weighted by atomic mass is 35.5. The monoisotopic (exact) mass is 356 g/mol. The second kappa shape index (κ2) is 6.37. The molecule has 6 nitrogen and oxygen atoms in total. The van der Waals surface area contributed by atoms with Crippen molar-refractivity contribution >= 4 is 35.0 Å². The lowest BCUT2D eigenvalue weighted by Gasteiger charge is -2.12. The molecule has 1 amide bonds. The summed E-state index contributed by atoms with van der Waals surface area (Å²) in [5.74, 6) is -0.776. The molecule has 2 N–H and O–H groups in total. The predicted octanol–water partition coefficient (Wildman–Crippen LogP) is 2.82. The van der Waals surface area contributed by atoms with Gasteiger partial charge in [-0.25, -0.2) is 14.3 Å². The van der Waals surface area contributed by atoms with Crippen molar-refractivity contribution in [2.45, 2.75) is 36.2 Å². The number of nitrogens with one attached hydrogen (secondary N) is 2. The third-order valence-electron chi connectivity index (χ3n) is 3.42. The maximum Gasteiger partial charge on any atom is 0.344 e. The van der Waals surface area contributed by atoms with E-state index in [0.29, 0.717) is 10.8 Å². The maximum absolute atomic E-state index is 13.0. The summed E-state index contributed by atoms with van der Waals surface area (Å²) in [7, 11) is 0. The van der Waals surface area contributed by atoms with Crippen LogP contribution in [-0.4, -0.2) is 25.9 Å². The Kier molecular flexibility index (Phi) is 4.45. The van der Waals surface area contributed by atoms with E-state index in [-0.39, 0.29) is 22.7 Å². The normalized spacial score (nSPS) is 15.4. The fourth-order valence-electron chi connectivity index (χ4n) is 2.06. The van der Waals surface area contributed by atoms with Crippen LogP contribution in [0, 0.1) is 5.82 Å². The van der Waals surface area contributed by atoms with Crippen LogP contribution >= 0.6 is 23.4 Å². The number of H-pyrrole nitrogens is 1. The zero-order chi connectivity index (χ0) is 16.6. The van der Waals surface area contributed by atoms with Gasteiger partial charge in [0.05, 0.1) is 16.0 Å². The number of anilines is 1. The summed E-state index contributed by atoms with van der Waals surface area (Å²) in [5.41, 5.74) is 0.0799. The van der Waals surface area contributed by atoms with E-state index in [1.54, 1.807) is 11.5 Å². The second-order valence-corrected chi connectivity index (χ2v) is 7.00. The van der Waals surface area contributed by atoms with Gasteiger partial charge in [0, 0.05) is 6.04 Å². The first-order valence-corrected chi connectivity index (χ1v) is 8.31. The van der Waals surface area contributed by atoms with E-state index in [0.717, 1.165) is 18.9 Å². The highest BCUT2D eigenvalue weighted by Crippen LogP contribution is 2.37. The van der Waals surface area contributed by atoms with Crippen molar-refractivity contribution in [1.82, 2.24) is 14.8 Å². The number of aromatic amines is 1. The number of thioether (sulfide) groups is 1. The molecule has 3 rings (SSSR count). The summed E-state index contributed by atoms with van der Waals surface area (Å²) in [4.78, 5) is 24.0. The Balaban J connectivity index is 1.69. The quantitative estimate of drug-likeness (QED) is 0.807. The van der Waals surface area contributed by atoms with Gasteiger partial charge >= 0.3 is 5.69 Å². The molecule has 1 aliphatic rings. The number of rotatable bonds is 5. The Morgan fingerprint density at radius 3 is 2.96 bits per heavy atom. The highest BCUT2D eigenvalue weighted by Gasteiger charge is 2.30. The average molecular weight is 357 g/mol. The van der Waals surface area contributed by atoms with Crippen molar-refractivity contribution in [2.75, 3.05) is 5.32 Å². The summed E-state index contributed by atoms with van der Waals surface area (Å²) < 4.78 is 14.6. The van der Waals surface area contributed by atoms with Gasteiger partial charge in [-0.1, -0.05) is 23.4 Å². The number of carbonyl (C=O) groups is 1. The molecule has 1 saturated carbocycles. The molecule has 0 spiro atoms. The van der Waals surface area contributed by atoms with E-state index in [2.05, 4.69) is 15.5 Å². The van der Waals surface area contributed by atoms with E-state index < -0.39 is 11.1 Å². The van der Waals surface area contributed by atoms with Crippen LogP contribution in [0.4, 0.5) is 10.1 Å². The Morgan fingerprint density at radius 2 is 2.30 bits per heavy atom. The summed E-state index contributed by atoms with van der Waals surface area (Å²) >= 11 is 7.08. The first-order chi connectivity index (χ1) is 11.0. The number of hydrogen-bond acceptors (Lipinski definition) is 4. The van der Waals surface area contributed by atoms with Gasteiger partial charge in [0.25, 0.3) is 0 Å². The van der Waals surface area contributed by atoms with E-state index in [9.17, 15) is 14.0 Å². The number of halogens is 2. The number of carbonyl (C=O) groups excluding carboxylic acids is 1. The molecular weight excluding hydrogens is 343 g/mol. The molecule has 1 fully saturated rings. The van der Waals surface area contributed by atoms with Gasteiger partial charge in [0.2, 0.25) is 5.91 Å². The molecular formula is C14H14ClFN4O2S. The third-order valence-corrected chi connectivity index (χ3v) is 4.80. The summed E-state index contributed by atoms with van der Waals surface area (Å²) in [6.45, 7) is 1.70. The molecule has 0 radical (unpaired) electrons. The minimum Gasteiger partial charge on any atom is -0.324 e. The molecule has 1 aromatic carbocycles. The fourth-order valence-corrected chi connectivity index (χ4v) is 3.21. The lowest BCUT2D eigenvalue weighted by Crippen LogP contribution is -2.24. The molecule has 0 bridgehead atoms. The fraction of sp³-hybridized carbons (Fsp3) is 0.357. The molecule has 9 heteroatoms. The number of benzene rings is 1. The molecule has 0 unspecified atom stereocenters. The van der Waals surface area contributed by atoms with Crippen LogP contribution in [-0.2, 0) is 4.79 Å².